The molecule has 0 aromatic carbocycles. The number of allylic oxidation sites excluding steroid dienone is 1. The van der Waals surface area contributed by atoms with Gasteiger partial charge in [-0.2, -0.15) is 0 Å². The van der Waals surface area contributed by atoms with Crippen LogP contribution in [0.25, 0.3) is 11.2 Å². The van der Waals surface area contributed by atoms with Crippen LogP contribution in [-0.4, -0.2) is 97.4 Å². The van der Waals surface area contributed by atoms with Crippen LogP contribution in [-0.2, 0) is 47.9 Å². The molecule has 6 N–H and O–H groups in total. The second-order valence-corrected chi connectivity index (χ2v) is 14.7. The first-order valence-corrected chi connectivity index (χ1v) is 17.8. The smallest absolute Gasteiger partial charge is 0.313 e. The number of aromatic amines is 1. The molecule has 2 saturated heterocycles. The van der Waals surface area contributed by atoms with Crippen molar-refractivity contribution in [3.8, 4) is 12.3 Å². The van der Waals surface area contributed by atoms with E-state index >= 15 is 0 Å². The molecule has 2 aliphatic rings. The van der Waals surface area contributed by atoms with Gasteiger partial charge in [-0.15, -0.1) is 6.42 Å². The van der Waals surface area contributed by atoms with Crippen molar-refractivity contribution in [2.45, 2.75) is 55.9 Å². The number of phosphoric acid groups is 3. The molecule has 0 saturated carbocycles. The molecule has 2 fully saturated rings. The lowest BCUT2D eigenvalue weighted by Crippen LogP contribution is -2.46. The number of aryl methyl sites for hydroxylation is 1. The Labute approximate surface area is 265 Å². The first-order valence-electron chi connectivity index (χ1n) is 13.4. The van der Waals surface area contributed by atoms with E-state index in [2.05, 4.69) is 38.9 Å². The minimum atomic E-state index is -6.26. The monoisotopic (exact) mass is 729 g/mol. The van der Waals surface area contributed by atoms with Gasteiger partial charge in [0.15, 0.2) is 6.33 Å². The maximum absolute atomic E-state index is 12.7. The van der Waals surface area contributed by atoms with Crippen LogP contribution < -0.4 is 30.1 Å². The molecule has 0 spiro atoms. The number of anilines is 1. The largest absolute Gasteiger partial charge is 0.756 e. The fourth-order valence-electron chi connectivity index (χ4n) is 4.61. The van der Waals surface area contributed by atoms with E-state index in [1.807, 2.05) is 0 Å². The van der Waals surface area contributed by atoms with Crippen molar-refractivity contribution in [1.29, 1.82) is 0 Å². The van der Waals surface area contributed by atoms with Crippen molar-refractivity contribution in [1.82, 2.24) is 14.5 Å². The Morgan fingerprint density at radius 2 is 1.62 bits per heavy atom. The average Bonchev–Trinajstić information content (AvgIpc) is 3.53. The highest BCUT2D eigenvalue weighted by atomic mass is 31.3. The Hall–Kier alpha value is -2.38. The van der Waals surface area contributed by atoms with Gasteiger partial charge in [0, 0.05) is 6.54 Å². The number of hydrogen-bond acceptors (Lipinski definition) is 19. The highest BCUT2D eigenvalue weighted by Crippen LogP contribution is 2.63. The Kier molecular flexibility index (Phi) is 11.6. The number of fused-ring (bicyclic) bond motifs is 1. The molecule has 2 aromatic rings. The molecule has 22 nitrogen and oxygen atoms in total. The highest BCUT2D eigenvalue weighted by molar-refractivity contribution is 7.65. The number of aliphatic hydroxyl groups excluding tert-OH is 4. The van der Waals surface area contributed by atoms with E-state index < -0.39 is 91.2 Å². The number of imidazole rings is 1. The lowest BCUT2D eigenvalue weighted by Gasteiger charge is -2.34. The van der Waals surface area contributed by atoms with E-state index in [1.165, 1.54) is 35.5 Å². The van der Waals surface area contributed by atoms with E-state index in [4.69, 9.17) is 15.9 Å². The van der Waals surface area contributed by atoms with Crippen LogP contribution in [0.15, 0.2) is 23.3 Å². The van der Waals surface area contributed by atoms with E-state index in [9.17, 15) is 53.6 Å². The number of H-pyrrole nitrogens is 1. The minimum absolute atomic E-state index is 0.0108. The van der Waals surface area contributed by atoms with Crippen molar-refractivity contribution in [2.75, 3.05) is 25.1 Å². The normalized spacial score (nSPS) is 31.8. The Morgan fingerprint density at radius 1 is 1.04 bits per heavy atom. The standard InChI is InChI=1S/C22H32N5O17P3/c1-4-5-6-7-23-22-24-19-14(20(32)25-22)26(3)10-27(19)21-18(31)17(30)13(42-21)9-40-46(35,36)44-47(37,38)43-45(33,34)39-8-12-16(29)15(28)11(2)41-12/h1,5-6,10-13,15-18,21,28-31H,7-9H2,2-3H3,(H4-,23,24,25,32,33,34,35,36,37,38)/p-2/t11-,12+,13+,15?,16-,17-,18?,21+/m0/s1. The highest BCUT2D eigenvalue weighted by Gasteiger charge is 2.48. The number of hydrogen-bond donors (Lipinski definition) is 6. The van der Waals surface area contributed by atoms with Crippen LogP contribution in [0.4, 0.5) is 5.95 Å². The van der Waals surface area contributed by atoms with Gasteiger partial charge in [-0.25, -0.2) is 13.2 Å². The van der Waals surface area contributed by atoms with Crippen molar-refractivity contribution >= 4 is 40.6 Å². The van der Waals surface area contributed by atoms with E-state index in [1.54, 1.807) is 6.08 Å². The molecule has 2 aromatic heterocycles. The number of rotatable bonds is 14. The third kappa shape index (κ3) is 9.00. The summed E-state index contributed by atoms with van der Waals surface area (Å²) in [5.41, 5.74) is -0.585. The Balaban J connectivity index is 1.39. The van der Waals surface area contributed by atoms with Gasteiger partial charge in [0.25, 0.3) is 35.0 Å². The number of nitrogens with zero attached hydrogens (tertiary/aromatic N) is 3. The number of aromatic nitrogens is 4. The predicted octanol–water partition coefficient (Wildman–Crippen LogP) is -4.25. The summed E-state index contributed by atoms with van der Waals surface area (Å²) in [6.45, 7) is -0.599. The van der Waals surface area contributed by atoms with Gasteiger partial charge in [0.05, 0.1) is 26.4 Å². The molecule has 262 valence electrons. The van der Waals surface area contributed by atoms with Crippen molar-refractivity contribution in [3.63, 3.8) is 0 Å². The first kappa shape index (κ1) is 37.4. The SMILES string of the molecule is C#CC=CCNc1nc2c(c(=O)[nH]1)n(C)c[n+]2[C@@H]1O[C@H](COP(=O)([O-])OP(=O)([O-])OP(=O)([O-])OC[C@H]2O[C@@H](C)C(O)[C@H]2O)[C@H](O)C1O. The number of ether oxygens (including phenoxy) is 2. The van der Waals surface area contributed by atoms with Crippen LogP contribution in [0.3, 0.4) is 0 Å². The lowest BCUT2D eigenvalue weighted by molar-refractivity contribution is -0.745. The van der Waals surface area contributed by atoms with Crippen LogP contribution in [0.1, 0.15) is 13.2 Å². The summed E-state index contributed by atoms with van der Waals surface area (Å²) in [5.74, 6) is 2.30. The summed E-state index contributed by atoms with van der Waals surface area (Å²) in [6, 6.07) is 0. The quantitative estimate of drug-likeness (QED) is 0.0609. The zero-order valence-electron chi connectivity index (χ0n) is 24.3. The van der Waals surface area contributed by atoms with Crippen molar-refractivity contribution < 1.29 is 80.5 Å². The predicted molar refractivity (Wildman–Crippen MR) is 147 cm³/mol. The topological polar surface area (TPSA) is 323 Å². The Bertz CT molecular complexity index is 1730. The summed E-state index contributed by atoms with van der Waals surface area (Å²) in [6.07, 6.45) is -2.55. The van der Waals surface area contributed by atoms with E-state index in [-0.39, 0.29) is 23.7 Å². The molecule has 5 unspecified atom stereocenters. The van der Waals surface area contributed by atoms with Gasteiger partial charge >= 0.3 is 5.65 Å². The molecule has 47 heavy (non-hydrogen) atoms. The average molecular weight is 729 g/mol. The van der Waals surface area contributed by atoms with Crippen LogP contribution in [0.5, 0.6) is 0 Å². The molecule has 25 heteroatoms. The van der Waals surface area contributed by atoms with Crippen LogP contribution >= 0.6 is 23.5 Å². The summed E-state index contributed by atoms with van der Waals surface area (Å²) in [7, 11) is -16.6. The molecule has 4 heterocycles. The fraction of sp³-hybridized carbons (Fsp3) is 0.591. The molecule has 0 radical (unpaired) electrons. The van der Waals surface area contributed by atoms with E-state index in [0.29, 0.717) is 0 Å². The van der Waals surface area contributed by atoms with Gasteiger partial charge in [-0.1, -0.05) is 17.0 Å². The van der Waals surface area contributed by atoms with Crippen molar-refractivity contribution in [3.05, 3.63) is 28.8 Å². The lowest BCUT2D eigenvalue weighted by atomic mass is 10.1. The fourth-order valence-corrected chi connectivity index (χ4v) is 7.99. The van der Waals surface area contributed by atoms with E-state index in [0.717, 1.165) is 0 Å². The molecule has 2 aliphatic heterocycles. The van der Waals surface area contributed by atoms with Gasteiger partial charge in [-0.05, 0) is 13.0 Å². The zero-order chi connectivity index (χ0) is 34.9. The number of terminal acetylenes is 1. The number of phosphoric ester groups is 2. The zero-order valence-corrected chi connectivity index (χ0v) is 27.0. The second kappa shape index (κ2) is 14.6. The summed E-state index contributed by atoms with van der Waals surface area (Å²) < 4.78 is 65.6. The van der Waals surface area contributed by atoms with Crippen LogP contribution in [0, 0.1) is 12.3 Å². The molecule has 4 rings (SSSR count). The third-order valence-corrected chi connectivity index (χ3v) is 10.9. The molecule has 0 aliphatic carbocycles. The summed E-state index contributed by atoms with van der Waals surface area (Å²) in [5, 5.41) is 43.4. The number of nitrogens with one attached hydrogen (secondary N) is 2. The maximum Gasteiger partial charge on any atom is 0.313 e. The first-order chi connectivity index (χ1) is 21.8. The van der Waals surface area contributed by atoms with Gasteiger partial charge in [0.1, 0.15) is 36.6 Å². The second-order valence-electron chi connectivity index (χ2n) is 10.2. The molecule has 11 atom stereocenters. The van der Waals surface area contributed by atoms with Crippen molar-refractivity contribution in [2.24, 2.45) is 7.05 Å². The summed E-state index contributed by atoms with van der Waals surface area (Å²) in [4.78, 5) is 55.7. The minimum Gasteiger partial charge on any atom is -0.756 e. The third-order valence-electron chi connectivity index (χ3n) is 6.78. The van der Waals surface area contributed by atoms with Gasteiger partial charge < -0.3 is 58.9 Å². The summed E-state index contributed by atoms with van der Waals surface area (Å²) >= 11 is 0. The molecular weight excluding hydrogens is 699 g/mol. The molecule has 0 amide bonds. The molecular formula is C22H30N5O17P3-2. The molecule has 0 bridgehead atoms. The van der Waals surface area contributed by atoms with Crippen LogP contribution in [0.2, 0.25) is 0 Å². The number of aliphatic hydroxyl groups is 4. The van der Waals surface area contributed by atoms with Gasteiger partial charge in [0.2, 0.25) is 11.7 Å². The Morgan fingerprint density at radius 3 is 2.17 bits per heavy atom. The maximum atomic E-state index is 12.7. The van der Waals surface area contributed by atoms with Gasteiger partial charge in [-0.3, -0.25) is 28.0 Å².